The molecule has 0 bridgehead atoms. The number of hydrogen-bond acceptors (Lipinski definition) is 5. The number of thiazole rings is 1. The van der Waals surface area contributed by atoms with Gasteiger partial charge in [-0.05, 0) is 78.7 Å². The molecule has 5 rings (SSSR count). The van der Waals surface area contributed by atoms with Crippen molar-refractivity contribution >= 4 is 43.2 Å². The number of carbonyl (C=O) groups excluding carboxylic acids is 1. The molecule has 0 unspecified atom stereocenters. The summed E-state index contributed by atoms with van der Waals surface area (Å²) >= 11 is 1.64. The van der Waals surface area contributed by atoms with Crippen molar-refractivity contribution in [3.8, 4) is 10.6 Å². The molecule has 0 radical (unpaired) electrons. The Bertz CT molecular complexity index is 1660. The normalized spacial score (nSPS) is 11.6. The summed E-state index contributed by atoms with van der Waals surface area (Å²) in [6.07, 6.45) is 0. The fourth-order valence-corrected chi connectivity index (χ4v) is 6.17. The van der Waals surface area contributed by atoms with Gasteiger partial charge in [-0.2, -0.15) is 4.31 Å². The highest BCUT2D eigenvalue weighted by Gasteiger charge is 2.21. The number of anilines is 1. The van der Waals surface area contributed by atoms with Crippen molar-refractivity contribution in [3.05, 3.63) is 114 Å². The van der Waals surface area contributed by atoms with Crippen LogP contribution < -0.4 is 5.32 Å². The molecule has 4 aromatic carbocycles. The summed E-state index contributed by atoms with van der Waals surface area (Å²) in [5, 5.41) is 3.79. The third-order valence-electron chi connectivity index (χ3n) is 6.01. The molecule has 0 fully saturated rings. The highest BCUT2D eigenvalue weighted by molar-refractivity contribution is 7.89. The Morgan fingerprint density at radius 2 is 1.62 bits per heavy atom. The summed E-state index contributed by atoms with van der Waals surface area (Å²) in [5.74, 6) is -0.315. The van der Waals surface area contributed by atoms with Crippen molar-refractivity contribution in [1.82, 2.24) is 9.29 Å². The van der Waals surface area contributed by atoms with E-state index in [0.717, 1.165) is 26.4 Å². The number of aromatic nitrogens is 1. The maximum absolute atomic E-state index is 13.0. The van der Waals surface area contributed by atoms with Gasteiger partial charge < -0.3 is 5.32 Å². The Hall–Kier alpha value is -3.85. The first-order valence-corrected chi connectivity index (χ1v) is 13.9. The van der Waals surface area contributed by atoms with E-state index < -0.39 is 10.0 Å². The molecular formula is C29H25N3O3S2. The SMILES string of the molecule is Cc1ccc2nc(-c3ccc(NC(=O)c4ccc(S(=O)(=O)N(C)Cc5ccccc5)cc4)cc3)sc2c1. The molecule has 0 saturated carbocycles. The van der Waals surface area contributed by atoms with Crippen LogP contribution in [-0.4, -0.2) is 30.7 Å². The molecule has 0 spiro atoms. The number of benzene rings is 4. The van der Waals surface area contributed by atoms with Crippen LogP contribution in [0.5, 0.6) is 0 Å². The number of nitrogens with one attached hydrogen (secondary N) is 1. The molecule has 8 heteroatoms. The summed E-state index contributed by atoms with van der Waals surface area (Å²) < 4.78 is 28.3. The van der Waals surface area contributed by atoms with Crippen molar-refractivity contribution in [2.45, 2.75) is 18.4 Å². The molecule has 0 aliphatic carbocycles. The molecule has 1 heterocycles. The summed E-state index contributed by atoms with van der Waals surface area (Å²) in [5.41, 5.74) is 5.06. The molecule has 6 nitrogen and oxygen atoms in total. The molecule has 5 aromatic rings. The quantitative estimate of drug-likeness (QED) is 0.268. The Balaban J connectivity index is 1.25. The minimum Gasteiger partial charge on any atom is -0.322 e. The number of nitrogens with zero attached hydrogens (tertiary/aromatic N) is 2. The molecule has 186 valence electrons. The lowest BCUT2D eigenvalue weighted by Crippen LogP contribution is -2.26. The zero-order valence-electron chi connectivity index (χ0n) is 20.4. The number of sulfonamides is 1. The van der Waals surface area contributed by atoms with E-state index in [1.807, 2.05) is 60.7 Å². The number of fused-ring (bicyclic) bond motifs is 1. The summed E-state index contributed by atoms with van der Waals surface area (Å²) in [7, 11) is -2.14. The van der Waals surface area contributed by atoms with Crippen LogP contribution in [0.25, 0.3) is 20.8 Å². The summed E-state index contributed by atoms with van der Waals surface area (Å²) in [6.45, 7) is 2.32. The van der Waals surface area contributed by atoms with Gasteiger partial charge in [0.1, 0.15) is 5.01 Å². The largest absolute Gasteiger partial charge is 0.322 e. The number of hydrogen-bond donors (Lipinski definition) is 1. The van der Waals surface area contributed by atoms with E-state index in [4.69, 9.17) is 4.98 Å². The molecule has 37 heavy (non-hydrogen) atoms. The third-order valence-corrected chi connectivity index (χ3v) is 8.89. The minimum atomic E-state index is -3.69. The zero-order valence-corrected chi connectivity index (χ0v) is 22.0. The molecule has 0 saturated heterocycles. The van der Waals surface area contributed by atoms with Crippen molar-refractivity contribution in [3.63, 3.8) is 0 Å². The van der Waals surface area contributed by atoms with Crippen molar-refractivity contribution in [2.24, 2.45) is 0 Å². The van der Waals surface area contributed by atoms with Gasteiger partial charge in [0.2, 0.25) is 10.0 Å². The lowest BCUT2D eigenvalue weighted by atomic mass is 10.2. The van der Waals surface area contributed by atoms with Crippen LogP contribution in [0.1, 0.15) is 21.5 Å². The Kier molecular flexibility index (Phi) is 6.88. The van der Waals surface area contributed by atoms with Crippen LogP contribution in [0.2, 0.25) is 0 Å². The molecule has 0 aliphatic heterocycles. The fourth-order valence-electron chi connectivity index (χ4n) is 3.94. The predicted octanol–water partition coefficient (Wildman–Crippen LogP) is 6.34. The highest BCUT2D eigenvalue weighted by atomic mass is 32.2. The maximum atomic E-state index is 13.0. The summed E-state index contributed by atoms with van der Waals surface area (Å²) in [4.78, 5) is 17.6. The highest BCUT2D eigenvalue weighted by Crippen LogP contribution is 2.31. The number of carbonyl (C=O) groups is 1. The zero-order chi connectivity index (χ0) is 26.0. The first-order chi connectivity index (χ1) is 17.8. The second-order valence-corrected chi connectivity index (χ2v) is 11.9. The van der Waals surface area contributed by atoms with E-state index in [9.17, 15) is 13.2 Å². The number of aryl methyl sites for hydroxylation is 1. The standard InChI is InChI=1S/C29H25N3O3S2/c1-20-8-17-26-27(18-20)36-29(31-26)23-9-13-24(14-10-23)30-28(33)22-11-15-25(16-12-22)37(34,35)32(2)19-21-6-4-3-5-7-21/h3-18H,19H2,1-2H3,(H,30,33). The van der Waals surface area contributed by atoms with E-state index in [0.29, 0.717) is 11.3 Å². The lowest BCUT2D eigenvalue weighted by molar-refractivity contribution is 0.102. The van der Waals surface area contributed by atoms with Crippen LogP contribution >= 0.6 is 11.3 Å². The van der Waals surface area contributed by atoms with Gasteiger partial charge in [0.25, 0.3) is 5.91 Å². The van der Waals surface area contributed by atoms with Crippen LogP contribution in [0, 0.1) is 6.92 Å². The van der Waals surface area contributed by atoms with Crippen molar-refractivity contribution < 1.29 is 13.2 Å². The monoisotopic (exact) mass is 527 g/mol. The molecule has 1 N–H and O–H groups in total. The van der Waals surface area contributed by atoms with Gasteiger partial charge in [-0.25, -0.2) is 13.4 Å². The second kappa shape index (κ2) is 10.3. The maximum Gasteiger partial charge on any atom is 0.255 e. The third kappa shape index (κ3) is 5.46. The first-order valence-electron chi connectivity index (χ1n) is 11.7. The van der Waals surface area contributed by atoms with Crippen LogP contribution in [0.15, 0.2) is 102 Å². The summed E-state index contributed by atoms with van der Waals surface area (Å²) in [6, 6.07) is 29.1. The molecular weight excluding hydrogens is 502 g/mol. The average molecular weight is 528 g/mol. The van der Waals surface area contributed by atoms with E-state index in [1.165, 1.54) is 34.1 Å². The van der Waals surface area contributed by atoms with Crippen LogP contribution in [-0.2, 0) is 16.6 Å². The fraction of sp³-hybridized carbons (Fsp3) is 0.103. The smallest absolute Gasteiger partial charge is 0.255 e. The number of amides is 1. The first kappa shape index (κ1) is 24.8. The Labute approximate surface area is 220 Å². The molecule has 0 atom stereocenters. The van der Waals surface area contributed by atoms with Gasteiger partial charge in [0, 0.05) is 30.4 Å². The van der Waals surface area contributed by atoms with E-state index >= 15 is 0 Å². The molecule has 1 amide bonds. The van der Waals surface area contributed by atoms with Crippen molar-refractivity contribution in [1.29, 1.82) is 0 Å². The second-order valence-electron chi connectivity index (χ2n) is 8.79. The Morgan fingerprint density at radius 3 is 2.32 bits per heavy atom. The predicted molar refractivity (Wildman–Crippen MR) is 149 cm³/mol. The molecule has 1 aromatic heterocycles. The Morgan fingerprint density at radius 1 is 0.919 bits per heavy atom. The topological polar surface area (TPSA) is 79.4 Å². The van der Waals surface area contributed by atoms with E-state index in [2.05, 4.69) is 24.4 Å². The van der Waals surface area contributed by atoms with Gasteiger partial charge in [0.15, 0.2) is 0 Å². The number of rotatable bonds is 7. The van der Waals surface area contributed by atoms with Gasteiger partial charge in [-0.15, -0.1) is 11.3 Å². The van der Waals surface area contributed by atoms with Crippen LogP contribution in [0.3, 0.4) is 0 Å². The van der Waals surface area contributed by atoms with Gasteiger partial charge in [-0.1, -0.05) is 36.4 Å². The molecule has 0 aliphatic rings. The van der Waals surface area contributed by atoms with Crippen LogP contribution in [0.4, 0.5) is 5.69 Å². The van der Waals surface area contributed by atoms with Crippen molar-refractivity contribution in [2.75, 3.05) is 12.4 Å². The van der Waals surface area contributed by atoms with Gasteiger partial charge >= 0.3 is 0 Å². The average Bonchev–Trinajstić information content (AvgIpc) is 3.33. The van der Waals surface area contributed by atoms with Gasteiger partial charge in [0.05, 0.1) is 15.1 Å². The lowest BCUT2D eigenvalue weighted by Gasteiger charge is -2.17. The van der Waals surface area contributed by atoms with E-state index in [1.54, 1.807) is 18.4 Å². The van der Waals surface area contributed by atoms with E-state index in [-0.39, 0.29) is 17.3 Å². The van der Waals surface area contributed by atoms with Gasteiger partial charge in [-0.3, -0.25) is 4.79 Å². The minimum absolute atomic E-state index is 0.137.